The molecule has 0 saturated carbocycles. The minimum Gasteiger partial charge on any atom is -0.358 e. The molecule has 10 heteroatoms. The van der Waals surface area contributed by atoms with E-state index in [1.54, 1.807) is 0 Å². The van der Waals surface area contributed by atoms with Gasteiger partial charge in [-0.3, -0.25) is 0 Å². The number of hydrogen-bond donors (Lipinski definition) is 0. The normalized spacial score (nSPS) is 11.9. The topological polar surface area (TPSA) is 56.0 Å². The predicted octanol–water partition coefficient (Wildman–Crippen LogP) is 3.09. The molecular formula is C7H2F6N2O2. The van der Waals surface area contributed by atoms with Crippen molar-refractivity contribution in [3.8, 4) is 0 Å². The van der Waals surface area contributed by atoms with Gasteiger partial charge < -0.3 is 10.1 Å². The van der Waals surface area contributed by atoms with Gasteiger partial charge in [-0.05, 0) is 9.91 Å². The Bertz CT molecular complexity index is 458. The Kier molecular flexibility index (Phi) is 3.25. The highest BCUT2D eigenvalue weighted by Gasteiger charge is 2.42. The van der Waals surface area contributed by atoms with Crippen molar-refractivity contribution in [1.29, 1.82) is 0 Å². The minimum atomic E-state index is -5.33. The molecule has 1 aromatic heterocycles. The maximum absolute atomic E-state index is 12.6. The zero-order chi connectivity index (χ0) is 13.4. The van der Waals surface area contributed by atoms with E-state index in [-0.39, 0.29) is 6.07 Å². The van der Waals surface area contributed by atoms with E-state index in [0.717, 1.165) is 0 Å². The third kappa shape index (κ3) is 2.63. The molecule has 1 heterocycles. The molecule has 0 aliphatic rings. The van der Waals surface area contributed by atoms with Crippen molar-refractivity contribution < 1.29 is 31.3 Å². The van der Waals surface area contributed by atoms with Crippen molar-refractivity contribution in [1.82, 2.24) is 4.98 Å². The molecule has 4 nitrogen and oxygen atoms in total. The first-order valence-electron chi connectivity index (χ1n) is 3.84. The summed E-state index contributed by atoms with van der Waals surface area (Å²) in [6.07, 6.45) is -9.12. The zero-order valence-electron chi connectivity index (χ0n) is 7.63. The molecular weight excluding hydrogens is 258 g/mol. The molecule has 0 aliphatic heterocycles. The first-order chi connectivity index (χ1) is 7.64. The molecule has 94 valence electrons. The van der Waals surface area contributed by atoms with Gasteiger partial charge in [0.1, 0.15) is 5.56 Å². The Morgan fingerprint density at radius 2 is 1.88 bits per heavy atom. The molecule has 17 heavy (non-hydrogen) atoms. The third-order valence-electron chi connectivity index (χ3n) is 1.70. The number of alkyl halides is 5. The number of pyridine rings is 1. The number of hydrogen-bond acceptors (Lipinski definition) is 3. The van der Waals surface area contributed by atoms with Crippen molar-refractivity contribution in [3.63, 3.8) is 0 Å². The second-order valence-electron chi connectivity index (χ2n) is 2.79. The fourth-order valence-electron chi connectivity index (χ4n) is 1.10. The lowest BCUT2D eigenvalue weighted by atomic mass is 10.1. The second kappa shape index (κ2) is 4.18. The largest absolute Gasteiger partial charge is 0.417 e. The molecule has 0 fully saturated rings. The van der Waals surface area contributed by atoms with Gasteiger partial charge in [-0.1, -0.05) is 0 Å². The van der Waals surface area contributed by atoms with Crippen molar-refractivity contribution >= 4 is 5.82 Å². The standard InChI is InChI=1S/C7H2F6N2O2/c8-3-1-2(7(11,12)13)4(5(9)10)6(14-3)15(16)17/h1,5H. The van der Waals surface area contributed by atoms with E-state index in [1.165, 1.54) is 0 Å². The van der Waals surface area contributed by atoms with Crippen molar-refractivity contribution in [2.45, 2.75) is 12.6 Å². The third-order valence-corrected chi connectivity index (χ3v) is 1.70. The van der Waals surface area contributed by atoms with Gasteiger partial charge in [0.2, 0.25) is 0 Å². The van der Waals surface area contributed by atoms with Crippen LogP contribution in [-0.2, 0) is 6.18 Å². The molecule has 1 rings (SSSR count). The van der Waals surface area contributed by atoms with Gasteiger partial charge in [0.15, 0.2) is 0 Å². The average molecular weight is 260 g/mol. The molecule has 1 aromatic rings. The average Bonchev–Trinajstić information content (AvgIpc) is 2.14. The van der Waals surface area contributed by atoms with Crippen molar-refractivity contribution in [2.75, 3.05) is 0 Å². The van der Waals surface area contributed by atoms with Gasteiger partial charge in [0, 0.05) is 6.07 Å². The van der Waals surface area contributed by atoms with Gasteiger partial charge in [0.05, 0.1) is 5.56 Å². The van der Waals surface area contributed by atoms with Crippen LogP contribution in [0.3, 0.4) is 0 Å². The number of rotatable bonds is 2. The fraction of sp³-hybridized carbons (Fsp3) is 0.286. The molecule has 0 atom stereocenters. The highest BCUT2D eigenvalue weighted by Crippen LogP contribution is 2.40. The van der Waals surface area contributed by atoms with Crippen LogP contribution in [0.4, 0.5) is 32.2 Å². The van der Waals surface area contributed by atoms with Crippen LogP contribution in [0.15, 0.2) is 6.07 Å². The summed E-state index contributed by atoms with van der Waals surface area (Å²) in [5.74, 6) is -3.69. The van der Waals surface area contributed by atoms with Crippen LogP contribution in [0.25, 0.3) is 0 Å². The van der Waals surface area contributed by atoms with Crippen LogP contribution in [0.1, 0.15) is 17.6 Å². The van der Waals surface area contributed by atoms with Gasteiger partial charge in [-0.2, -0.15) is 17.6 Å². The Hall–Kier alpha value is -1.87. The zero-order valence-corrected chi connectivity index (χ0v) is 7.63. The van der Waals surface area contributed by atoms with Gasteiger partial charge in [0.25, 0.3) is 6.43 Å². The molecule has 0 aromatic carbocycles. The molecule has 0 amide bonds. The maximum atomic E-state index is 12.6. The van der Waals surface area contributed by atoms with Gasteiger partial charge in [-0.25, -0.2) is 8.78 Å². The summed E-state index contributed by atoms with van der Waals surface area (Å²) in [4.78, 5) is 11.1. The Morgan fingerprint density at radius 3 is 2.24 bits per heavy atom. The number of nitro groups is 1. The van der Waals surface area contributed by atoms with Crippen LogP contribution in [0.5, 0.6) is 0 Å². The van der Waals surface area contributed by atoms with Crippen LogP contribution < -0.4 is 0 Å². The summed E-state index contributed by atoms with van der Waals surface area (Å²) in [7, 11) is 0. The lowest BCUT2D eigenvalue weighted by molar-refractivity contribution is -0.391. The van der Waals surface area contributed by atoms with Gasteiger partial charge >= 0.3 is 17.9 Å². The molecule has 0 spiro atoms. The van der Waals surface area contributed by atoms with E-state index in [1.807, 2.05) is 0 Å². The Labute approximate surface area is 89.0 Å². The summed E-state index contributed by atoms with van der Waals surface area (Å²) in [6, 6.07) is -0.311. The number of aromatic nitrogens is 1. The number of halogens is 6. The fourth-order valence-corrected chi connectivity index (χ4v) is 1.10. The van der Waals surface area contributed by atoms with E-state index in [0.29, 0.717) is 0 Å². The predicted molar refractivity (Wildman–Crippen MR) is 40.8 cm³/mol. The SMILES string of the molecule is O=[N+]([O-])c1nc(F)cc(C(F)(F)F)c1C(F)F. The molecule has 0 radical (unpaired) electrons. The quantitative estimate of drug-likeness (QED) is 0.355. The van der Waals surface area contributed by atoms with Crippen LogP contribution in [0, 0.1) is 16.1 Å². The monoisotopic (exact) mass is 260 g/mol. The van der Waals surface area contributed by atoms with Gasteiger partial charge in [-0.15, -0.1) is 0 Å². The lowest BCUT2D eigenvalue weighted by Crippen LogP contribution is -2.14. The van der Waals surface area contributed by atoms with E-state index >= 15 is 0 Å². The molecule has 0 saturated heterocycles. The van der Waals surface area contributed by atoms with E-state index in [4.69, 9.17) is 0 Å². The molecule has 0 N–H and O–H groups in total. The van der Waals surface area contributed by atoms with E-state index < -0.39 is 40.4 Å². The second-order valence-corrected chi connectivity index (χ2v) is 2.79. The molecule has 0 unspecified atom stereocenters. The van der Waals surface area contributed by atoms with Crippen LogP contribution >= 0.6 is 0 Å². The summed E-state index contributed by atoms with van der Waals surface area (Å²) in [5.41, 5.74) is -4.05. The Balaban J connectivity index is 3.64. The highest BCUT2D eigenvalue weighted by atomic mass is 19.4. The first kappa shape index (κ1) is 13.2. The summed E-state index contributed by atoms with van der Waals surface area (Å²) in [5, 5.41) is 10.2. The van der Waals surface area contributed by atoms with Crippen molar-refractivity contribution in [2.24, 2.45) is 0 Å². The first-order valence-corrected chi connectivity index (χ1v) is 3.84. The summed E-state index contributed by atoms with van der Waals surface area (Å²) < 4.78 is 74.1. The highest BCUT2D eigenvalue weighted by molar-refractivity contribution is 5.42. The van der Waals surface area contributed by atoms with Crippen LogP contribution in [-0.4, -0.2) is 9.91 Å². The van der Waals surface area contributed by atoms with Crippen molar-refractivity contribution in [3.05, 3.63) is 33.3 Å². The Morgan fingerprint density at radius 1 is 1.35 bits per heavy atom. The number of nitrogens with zero attached hydrogens (tertiary/aromatic N) is 2. The maximum Gasteiger partial charge on any atom is 0.417 e. The molecule has 0 aliphatic carbocycles. The lowest BCUT2D eigenvalue weighted by Gasteiger charge is -2.11. The van der Waals surface area contributed by atoms with E-state index in [2.05, 4.69) is 4.98 Å². The smallest absolute Gasteiger partial charge is 0.358 e. The summed E-state index contributed by atoms with van der Waals surface area (Å²) in [6.45, 7) is 0. The van der Waals surface area contributed by atoms with Crippen LogP contribution in [0.2, 0.25) is 0 Å². The summed E-state index contributed by atoms with van der Waals surface area (Å²) >= 11 is 0. The van der Waals surface area contributed by atoms with E-state index in [9.17, 15) is 36.5 Å². The minimum absolute atomic E-state index is 0.311. The molecule has 0 bridgehead atoms.